The van der Waals surface area contributed by atoms with Crippen molar-refractivity contribution in [2.24, 2.45) is 0 Å². The van der Waals surface area contributed by atoms with Crippen molar-refractivity contribution in [2.45, 2.75) is 44.8 Å². The first kappa shape index (κ1) is 19.1. The smallest absolute Gasteiger partial charge is 0.251 e. The average Bonchev–Trinajstić information content (AvgIpc) is 3.28. The molecule has 1 aromatic carbocycles. The van der Waals surface area contributed by atoms with Crippen LogP contribution in [0.5, 0.6) is 0 Å². The predicted molar refractivity (Wildman–Crippen MR) is 104 cm³/mol. The van der Waals surface area contributed by atoms with Gasteiger partial charge in [-0.25, -0.2) is 0 Å². The van der Waals surface area contributed by atoms with Crippen molar-refractivity contribution < 1.29 is 14.4 Å². The van der Waals surface area contributed by atoms with Gasteiger partial charge in [0.2, 0.25) is 11.8 Å². The molecule has 3 rings (SSSR count). The van der Waals surface area contributed by atoms with E-state index in [2.05, 4.69) is 16.0 Å². The molecule has 27 heavy (non-hydrogen) atoms. The minimum Gasteiger partial charge on any atom is -0.352 e. The average molecular weight is 385 g/mol. The number of amides is 3. The van der Waals surface area contributed by atoms with Crippen LogP contribution in [0.25, 0.3) is 0 Å². The number of carbonyl (C=O) groups excluding carboxylic acids is 3. The molecule has 1 fully saturated rings. The van der Waals surface area contributed by atoms with Gasteiger partial charge in [0.25, 0.3) is 5.91 Å². The molecule has 142 valence electrons. The highest BCUT2D eigenvalue weighted by atomic mass is 32.1. The van der Waals surface area contributed by atoms with Crippen molar-refractivity contribution in [3.8, 4) is 0 Å². The van der Waals surface area contributed by atoms with Gasteiger partial charge in [-0.05, 0) is 42.0 Å². The van der Waals surface area contributed by atoms with Crippen LogP contribution in [0.2, 0.25) is 0 Å². The normalized spacial score (nSPS) is 14.3. The number of hydrogen-bond acceptors (Lipinski definition) is 4. The van der Waals surface area contributed by atoms with Crippen LogP contribution in [0, 0.1) is 0 Å². The molecule has 0 saturated heterocycles. The Morgan fingerprint density at radius 3 is 2.48 bits per heavy atom. The van der Waals surface area contributed by atoms with Crippen LogP contribution < -0.4 is 16.0 Å². The van der Waals surface area contributed by atoms with Crippen LogP contribution in [0.15, 0.2) is 41.8 Å². The molecular weight excluding hydrogens is 362 g/mol. The van der Waals surface area contributed by atoms with Crippen LogP contribution in [0.1, 0.15) is 53.0 Å². The number of benzene rings is 1. The molecule has 1 aromatic heterocycles. The maximum atomic E-state index is 12.3. The summed E-state index contributed by atoms with van der Waals surface area (Å²) in [5.41, 5.74) is 1.54. The zero-order valence-corrected chi connectivity index (χ0v) is 16.0. The van der Waals surface area contributed by atoms with Crippen LogP contribution in [0.3, 0.4) is 0 Å². The molecule has 0 spiro atoms. The van der Waals surface area contributed by atoms with E-state index in [9.17, 15) is 14.4 Å². The highest BCUT2D eigenvalue weighted by Crippen LogP contribution is 2.22. The van der Waals surface area contributed by atoms with Crippen LogP contribution >= 0.6 is 11.3 Å². The Morgan fingerprint density at radius 1 is 1.15 bits per heavy atom. The third kappa shape index (κ3) is 5.92. The van der Waals surface area contributed by atoms with E-state index in [4.69, 9.17) is 0 Å². The number of carbonyl (C=O) groups is 3. The van der Waals surface area contributed by atoms with Gasteiger partial charge < -0.3 is 16.0 Å². The summed E-state index contributed by atoms with van der Waals surface area (Å²) in [6.07, 6.45) is 2.30. The Hall–Kier alpha value is -2.67. The molecule has 1 aliphatic carbocycles. The Kier molecular flexibility index (Phi) is 6.24. The van der Waals surface area contributed by atoms with Crippen LogP contribution in [-0.2, 0) is 16.1 Å². The molecule has 6 nitrogen and oxygen atoms in total. The van der Waals surface area contributed by atoms with Gasteiger partial charge in [-0.1, -0.05) is 18.2 Å². The first-order valence-electron chi connectivity index (χ1n) is 8.98. The monoisotopic (exact) mass is 385 g/mol. The van der Waals surface area contributed by atoms with Gasteiger partial charge in [0, 0.05) is 30.0 Å². The number of hydrogen-bond donors (Lipinski definition) is 3. The topological polar surface area (TPSA) is 87.3 Å². The van der Waals surface area contributed by atoms with Crippen LogP contribution in [0.4, 0.5) is 0 Å². The molecule has 7 heteroatoms. The van der Waals surface area contributed by atoms with E-state index in [1.165, 1.54) is 18.3 Å². The minimum atomic E-state index is -0.323. The van der Waals surface area contributed by atoms with Crippen molar-refractivity contribution in [2.75, 3.05) is 0 Å². The summed E-state index contributed by atoms with van der Waals surface area (Å²) < 4.78 is 0. The second kappa shape index (κ2) is 8.81. The standard InChI is InChI=1S/C20H23N3O3S/c1-13(24)22-17(18-3-2-10-27-18)11-19(25)21-12-14-4-6-15(7-5-14)20(26)23-16-8-9-16/h2-7,10,16-17H,8-9,11-12H2,1H3,(H,21,25)(H,22,24)(H,23,26). The van der Waals surface area contributed by atoms with Gasteiger partial charge in [-0.3, -0.25) is 14.4 Å². The molecular formula is C20H23N3O3S. The molecule has 3 amide bonds. The first-order valence-corrected chi connectivity index (χ1v) is 9.86. The highest BCUT2D eigenvalue weighted by Gasteiger charge is 2.23. The first-order chi connectivity index (χ1) is 13.0. The van der Waals surface area contributed by atoms with Gasteiger partial charge in [0.05, 0.1) is 12.5 Å². The van der Waals surface area contributed by atoms with E-state index in [-0.39, 0.29) is 30.2 Å². The summed E-state index contributed by atoms with van der Waals surface area (Å²) in [6.45, 7) is 1.82. The fourth-order valence-electron chi connectivity index (χ4n) is 2.69. The summed E-state index contributed by atoms with van der Waals surface area (Å²) in [5, 5.41) is 10.6. The largest absolute Gasteiger partial charge is 0.352 e. The molecule has 3 N–H and O–H groups in total. The zero-order chi connectivity index (χ0) is 19.2. The predicted octanol–water partition coefficient (Wildman–Crippen LogP) is 2.52. The Labute approximate surface area is 162 Å². The second-order valence-electron chi connectivity index (χ2n) is 6.69. The van der Waals surface area contributed by atoms with Crippen molar-refractivity contribution >= 4 is 29.1 Å². The quantitative estimate of drug-likeness (QED) is 0.653. The lowest BCUT2D eigenvalue weighted by molar-refractivity contribution is -0.122. The van der Waals surface area contributed by atoms with Crippen molar-refractivity contribution in [3.05, 3.63) is 57.8 Å². The summed E-state index contributed by atoms with van der Waals surface area (Å²) in [4.78, 5) is 36.6. The lowest BCUT2D eigenvalue weighted by atomic mass is 10.1. The van der Waals surface area contributed by atoms with Gasteiger partial charge in [-0.15, -0.1) is 11.3 Å². The van der Waals surface area contributed by atoms with Gasteiger partial charge in [0.1, 0.15) is 0 Å². The Morgan fingerprint density at radius 2 is 1.89 bits per heavy atom. The molecule has 1 atom stereocenters. The molecule has 1 aliphatic rings. The number of rotatable bonds is 8. The molecule has 1 heterocycles. The maximum Gasteiger partial charge on any atom is 0.251 e. The summed E-state index contributed by atoms with van der Waals surface area (Å²) >= 11 is 1.51. The summed E-state index contributed by atoms with van der Waals surface area (Å²) in [7, 11) is 0. The van der Waals surface area contributed by atoms with E-state index in [0.29, 0.717) is 18.2 Å². The molecule has 0 bridgehead atoms. The molecule has 2 aromatic rings. The van der Waals surface area contributed by atoms with E-state index < -0.39 is 0 Å². The van der Waals surface area contributed by atoms with E-state index in [1.54, 1.807) is 12.1 Å². The van der Waals surface area contributed by atoms with E-state index in [1.807, 2.05) is 29.6 Å². The second-order valence-corrected chi connectivity index (χ2v) is 7.67. The Bertz CT molecular complexity index is 798. The fraction of sp³-hybridized carbons (Fsp3) is 0.350. The van der Waals surface area contributed by atoms with Crippen LogP contribution in [-0.4, -0.2) is 23.8 Å². The van der Waals surface area contributed by atoms with Gasteiger partial charge in [0.15, 0.2) is 0 Å². The number of thiophene rings is 1. The molecule has 1 unspecified atom stereocenters. The third-order valence-corrected chi connectivity index (χ3v) is 5.26. The summed E-state index contributed by atoms with van der Waals surface area (Å²) in [5.74, 6) is -0.360. The van der Waals surface area contributed by atoms with E-state index >= 15 is 0 Å². The molecule has 0 aliphatic heterocycles. The SMILES string of the molecule is CC(=O)NC(CC(=O)NCc1ccc(C(=O)NC2CC2)cc1)c1cccs1. The fourth-order valence-corrected chi connectivity index (χ4v) is 3.46. The van der Waals surface area contributed by atoms with Crippen molar-refractivity contribution in [3.63, 3.8) is 0 Å². The van der Waals surface area contributed by atoms with Crippen molar-refractivity contribution in [1.82, 2.24) is 16.0 Å². The highest BCUT2D eigenvalue weighted by molar-refractivity contribution is 7.10. The van der Waals surface area contributed by atoms with Crippen molar-refractivity contribution in [1.29, 1.82) is 0 Å². The summed E-state index contributed by atoms with van der Waals surface area (Å²) in [6, 6.07) is 11.0. The van der Waals surface area contributed by atoms with E-state index in [0.717, 1.165) is 23.3 Å². The minimum absolute atomic E-state index is 0.0535. The third-order valence-electron chi connectivity index (χ3n) is 4.27. The number of nitrogens with one attached hydrogen (secondary N) is 3. The lowest BCUT2D eigenvalue weighted by Gasteiger charge is -2.16. The van der Waals surface area contributed by atoms with Gasteiger partial charge >= 0.3 is 0 Å². The Balaban J connectivity index is 1.50. The lowest BCUT2D eigenvalue weighted by Crippen LogP contribution is -2.32. The van der Waals surface area contributed by atoms with Gasteiger partial charge in [-0.2, -0.15) is 0 Å². The molecule has 0 radical (unpaired) electrons. The molecule has 1 saturated carbocycles. The zero-order valence-electron chi connectivity index (χ0n) is 15.2. The maximum absolute atomic E-state index is 12.3.